The molecule has 0 radical (unpaired) electrons. The molecular weight excluding hydrogens is 434 g/mol. The number of piperidine rings is 1. The van der Waals surface area contributed by atoms with Crippen molar-refractivity contribution in [3.63, 3.8) is 0 Å². The number of hydrogen-bond acceptors (Lipinski definition) is 5. The summed E-state index contributed by atoms with van der Waals surface area (Å²) >= 11 is 1.54. The molecule has 2 heterocycles. The first-order chi connectivity index (χ1) is 14.7. The van der Waals surface area contributed by atoms with Crippen LogP contribution in [0.25, 0.3) is 0 Å². The van der Waals surface area contributed by atoms with Crippen LogP contribution in [-0.4, -0.2) is 56.0 Å². The van der Waals surface area contributed by atoms with Crippen LogP contribution < -0.4 is 10.2 Å². The highest BCUT2D eigenvalue weighted by atomic mass is 32.2. The molecule has 1 aromatic carbocycles. The van der Waals surface area contributed by atoms with Gasteiger partial charge in [-0.3, -0.25) is 9.59 Å². The highest BCUT2D eigenvalue weighted by Gasteiger charge is 2.32. The summed E-state index contributed by atoms with van der Waals surface area (Å²) in [5, 5.41) is 2.90. The molecule has 1 fully saturated rings. The number of anilines is 1. The molecule has 0 saturated carbocycles. The number of hydrogen-bond donors (Lipinski definition) is 1. The maximum absolute atomic E-state index is 13.3. The van der Waals surface area contributed by atoms with Gasteiger partial charge in [-0.25, -0.2) is 8.42 Å². The van der Waals surface area contributed by atoms with Crippen LogP contribution in [0.5, 0.6) is 0 Å². The van der Waals surface area contributed by atoms with Gasteiger partial charge in [0.05, 0.1) is 10.6 Å². The second kappa shape index (κ2) is 10.4. The Kier molecular flexibility index (Phi) is 8.04. The maximum Gasteiger partial charge on any atom is 0.243 e. The minimum Gasteiger partial charge on any atom is -0.355 e. The van der Waals surface area contributed by atoms with Crippen molar-refractivity contribution in [3.8, 4) is 0 Å². The Morgan fingerprint density at radius 1 is 1.23 bits per heavy atom. The zero-order chi connectivity index (χ0) is 22.6. The van der Waals surface area contributed by atoms with E-state index in [-0.39, 0.29) is 28.5 Å². The predicted octanol–water partition coefficient (Wildman–Crippen LogP) is 3.24. The Labute approximate surface area is 190 Å². The van der Waals surface area contributed by atoms with Crippen LogP contribution in [0.15, 0.2) is 28.0 Å². The van der Waals surface area contributed by atoms with Gasteiger partial charge in [-0.15, -0.1) is 11.8 Å². The van der Waals surface area contributed by atoms with Crippen molar-refractivity contribution in [2.75, 3.05) is 31.1 Å². The number of nitrogens with one attached hydrogen (secondary N) is 1. The molecule has 3 rings (SSSR count). The van der Waals surface area contributed by atoms with Crippen molar-refractivity contribution in [2.45, 2.75) is 67.9 Å². The molecule has 2 aliphatic heterocycles. The summed E-state index contributed by atoms with van der Waals surface area (Å²) in [6.45, 7) is 7.63. The van der Waals surface area contributed by atoms with Crippen molar-refractivity contribution in [1.82, 2.24) is 9.62 Å². The molecule has 1 atom stereocenters. The zero-order valence-electron chi connectivity index (χ0n) is 18.6. The molecule has 0 aliphatic carbocycles. The Morgan fingerprint density at radius 3 is 2.61 bits per heavy atom. The van der Waals surface area contributed by atoms with Crippen LogP contribution in [0.2, 0.25) is 0 Å². The molecule has 0 spiro atoms. The molecule has 2 amide bonds. The van der Waals surface area contributed by atoms with E-state index in [2.05, 4.69) is 12.2 Å². The maximum atomic E-state index is 13.3. The first-order valence-electron chi connectivity index (χ1n) is 11.1. The summed E-state index contributed by atoms with van der Waals surface area (Å²) in [6.07, 6.45) is 3.84. The molecule has 1 saturated heterocycles. The number of carbonyl (C=O) groups is 2. The molecule has 9 heteroatoms. The van der Waals surface area contributed by atoms with Crippen LogP contribution in [0.1, 0.15) is 52.9 Å². The van der Waals surface area contributed by atoms with Gasteiger partial charge in [-0.2, -0.15) is 4.31 Å². The van der Waals surface area contributed by atoms with E-state index in [4.69, 9.17) is 0 Å². The standard InChI is InChI=1S/C22H33N3O4S2/c1-4-5-10-23-21(26)15-25-19-14-18(6-7-20(19)30-17(3)13-22(25)27)31(28,29)24-11-8-16(2)9-12-24/h6-7,14,16-17H,4-5,8-13,15H2,1-3H3,(H,23,26)/t17-/m0/s1. The monoisotopic (exact) mass is 467 g/mol. The van der Waals surface area contributed by atoms with Crippen molar-refractivity contribution in [3.05, 3.63) is 18.2 Å². The molecule has 0 bridgehead atoms. The minimum absolute atomic E-state index is 0.0467. The molecule has 0 unspecified atom stereocenters. The highest BCUT2D eigenvalue weighted by molar-refractivity contribution is 8.00. The normalized spacial score (nSPS) is 20.9. The van der Waals surface area contributed by atoms with Gasteiger partial charge in [0, 0.05) is 36.2 Å². The number of unbranched alkanes of at least 4 members (excludes halogenated alkanes) is 1. The first kappa shape index (κ1) is 24.1. The summed E-state index contributed by atoms with van der Waals surface area (Å²) < 4.78 is 28.0. The van der Waals surface area contributed by atoms with Crippen molar-refractivity contribution in [1.29, 1.82) is 0 Å². The van der Waals surface area contributed by atoms with Gasteiger partial charge in [0.1, 0.15) is 6.54 Å². The molecular formula is C22H33N3O4S2. The minimum atomic E-state index is -3.65. The van der Waals surface area contributed by atoms with E-state index in [1.54, 1.807) is 30.0 Å². The number of nitrogens with zero attached hydrogens (tertiary/aromatic N) is 2. The third-order valence-electron chi connectivity index (χ3n) is 5.85. The Morgan fingerprint density at radius 2 is 1.94 bits per heavy atom. The number of carbonyl (C=O) groups excluding carboxylic acids is 2. The van der Waals surface area contributed by atoms with Gasteiger partial charge in [0.15, 0.2) is 0 Å². The van der Waals surface area contributed by atoms with Crippen LogP contribution in [-0.2, 0) is 19.6 Å². The van der Waals surface area contributed by atoms with Crippen LogP contribution in [0.3, 0.4) is 0 Å². The van der Waals surface area contributed by atoms with Gasteiger partial charge in [-0.1, -0.05) is 27.2 Å². The molecule has 1 aromatic rings. The lowest BCUT2D eigenvalue weighted by molar-refractivity contribution is -0.123. The third kappa shape index (κ3) is 5.81. The number of benzene rings is 1. The van der Waals surface area contributed by atoms with Crippen molar-refractivity contribution in [2.24, 2.45) is 5.92 Å². The van der Waals surface area contributed by atoms with Crippen LogP contribution in [0, 0.1) is 5.92 Å². The van der Waals surface area contributed by atoms with Crippen molar-refractivity contribution >= 4 is 39.3 Å². The lowest BCUT2D eigenvalue weighted by atomic mass is 10.0. The van der Waals surface area contributed by atoms with Crippen LogP contribution in [0.4, 0.5) is 5.69 Å². The fourth-order valence-corrected chi connectivity index (χ4v) is 6.45. The van der Waals surface area contributed by atoms with Gasteiger partial charge in [0.2, 0.25) is 21.8 Å². The lowest BCUT2D eigenvalue weighted by Crippen LogP contribution is -2.41. The first-order valence-corrected chi connectivity index (χ1v) is 13.4. The van der Waals surface area contributed by atoms with Crippen molar-refractivity contribution < 1.29 is 18.0 Å². The molecule has 31 heavy (non-hydrogen) atoms. The van der Waals surface area contributed by atoms with E-state index >= 15 is 0 Å². The Balaban J connectivity index is 1.90. The average Bonchev–Trinajstić information content (AvgIpc) is 2.83. The summed E-state index contributed by atoms with van der Waals surface area (Å²) in [5.41, 5.74) is 0.511. The number of thioether (sulfide) groups is 1. The molecule has 2 aliphatic rings. The van der Waals surface area contributed by atoms with Gasteiger partial charge in [-0.05, 0) is 43.4 Å². The predicted molar refractivity (Wildman–Crippen MR) is 124 cm³/mol. The number of fused-ring (bicyclic) bond motifs is 1. The molecule has 172 valence electrons. The van der Waals surface area contributed by atoms with E-state index in [0.717, 1.165) is 30.6 Å². The Hall–Kier alpha value is -1.58. The lowest BCUT2D eigenvalue weighted by Gasteiger charge is -2.30. The molecule has 7 nitrogen and oxygen atoms in total. The van der Waals surface area contributed by atoms with Crippen LogP contribution >= 0.6 is 11.8 Å². The second-order valence-electron chi connectivity index (χ2n) is 8.53. The fourth-order valence-electron chi connectivity index (χ4n) is 3.87. The molecule has 1 N–H and O–H groups in total. The summed E-state index contributed by atoms with van der Waals surface area (Å²) in [6, 6.07) is 4.97. The SMILES string of the molecule is CCCCNC(=O)CN1C(=O)C[C@H](C)Sc2ccc(S(=O)(=O)N3CCC(C)CC3)cc21. The number of rotatable bonds is 7. The van der Waals surface area contributed by atoms with E-state index in [1.165, 1.54) is 9.21 Å². The summed E-state index contributed by atoms with van der Waals surface area (Å²) in [7, 11) is -3.65. The topological polar surface area (TPSA) is 86.8 Å². The van der Waals surface area contributed by atoms with Gasteiger partial charge < -0.3 is 10.2 Å². The van der Waals surface area contributed by atoms with E-state index < -0.39 is 10.0 Å². The summed E-state index contributed by atoms with van der Waals surface area (Å²) in [4.78, 5) is 27.8. The quantitative estimate of drug-likeness (QED) is 0.622. The largest absolute Gasteiger partial charge is 0.355 e. The molecule has 0 aromatic heterocycles. The third-order valence-corrected chi connectivity index (χ3v) is 8.91. The van der Waals surface area contributed by atoms with E-state index in [9.17, 15) is 18.0 Å². The van der Waals surface area contributed by atoms with Gasteiger partial charge >= 0.3 is 0 Å². The second-order valence-corrected chi connectivity index (χ2v) is 12.0. The van der Waals surface area contributed by atoms with E-state index in [0.29, 0.717) is 37.7 Å². The number of sulfonamides is 1. The fraction of sp³-hybridized carbons (Fsp3) is 0.636. The zero-order valence-corrected chi connectivity index (χ0v) is 20.2. The summed E-state index contributed by atoms with van der Waals surface area (Å²) in [5.74, 6) is 0.132. The Bertz CT molecular complexity index is 911. The highest BCUT2D eigenvalue weighted by Crippen LogP contribution is 2.39. The van der Waals surface area contributed by atoms with E-state index in [1.807, 2.05) is 13.8 Å². The smallest absolute Gasteiger partial charge is 0.243 e. The number of amides is 2. The van der Waals surface area contributed by atoms with Gasteiger partial charge in [0.25, 0.3) is 0 Å². The average molecular weight is 468 g/mol.